The summed E-state index contributed by atoms with van der Waals surface area (Å²) in [6.07, 6.45) is 1.68. The van der Waals surface area contributed by atoms with Crippen molar-refractivity contribution >= 4 is 50.7 Å². The zero-order valence-corrected chi connectivity index (χ0v) is 13.5. The number of thiophene rings is 1. The number of nitrogens with one attached hydrogen (secondary N) is 1. The van der Waals surface area contributed by atoms with Gasteiger partial charge in [-0.25, -0.2) is 0 Å². The molecule has 1 aromatic carbocycles. The van der Waals surface area contributed by atoms with Crippen LogP contribution in [0.2, 0.25) is 0 Å². The summed E-state index contributed by atoms with van der Waals surface area (Å²) < 4.78 is 0. The first-order chi connectivity index (χ1) is 11.1. The summed E-state index contributed by atoms with van der Waals surface area (Å²) in [4.78, 5) is 23.3. The molecule has 0 unspecified atom stereocenters. The summed E-state index contributed by atoms with van der Waals surface area (Å²) in [7, 11) is 0. The van der Waals surface area contributed by atoms with E-state index in [-0.39, 0.29) is 11.7 Å². The topological polar surface area (TPSA) is 98.0 Å². The second-order valence-electron chi connectivity index (χ2n) is 4.60. The van der Waals surface area contributed by atoms with Gasteiger partial charge in [0, 0.05) is 10.8 Å². The van der Waals surface area contributed by atoms with E-state index < -0.39 is 5.91 Å². The Bertz CT molecular complexity index is 873. The number of benzene rings is 1. The lowest BCUT2D eigenvalue weighted by Gasteiger charge is -2.05. The van der Waals surface area contributed by atoms with Gasteiger partial charge in [-0.3, -0.25) is 9.59 Å². The van der Waals surface area contributed by atoms with E-state index in [1.165, 1.54) is 23.1 Å². The van der Waals surface area contributed by atoms with Gasteiger partial charge in [-0.15, -0.1) is 16.4 Å². The maximum atomic E-state index is 12.1. The Labute approximate surface area is 140 Å². The summed E-state index contributed by atoms with van der Waals surface area (Å²) >= 11 is 2.56. The number of thioether (sulfide) groups is 1. The first kappa shape index (κ1) is 15.4. The van der Waals surface area contributed by atoms with Crippen molar-refractivity contribution in [3.8, 4) is 0 Å². The Kier molecular flexibility index (Phi) is 4.54. The first-order valence-electron chi connectivity index (χ1n) is 6.65. The standard InChI is InChI=1S/C15H12N4O2S2/c16-13(21)11-5-6-22-14(11)18-12(20)8-23-15-10-4-2-1-3-9(10)7-17-19-15/h1-7H,8H2,(H2,16,21)(H,18,20). The number of nitrogens with two attached hydrogens (primary N) is 1. The molecule has 2 amide bonds. The molecule has 116 valence electrons. The summed E-state index contributed by atoms with van der Waals surface area (Å²) in [6.45, 7) is 0. The molecule has 0 saturated heterocycles. The van der Waals surface area contributed by atoms with E-state index in [1.54, 1.807) is 17.6 Å². The van der Waals surface area contributed by atoms with Crippen LogP contribution in [0.25, 0.3) is 10.8 Å². The van der Waals surface area contributed by atoms with Crippen LogP contribution in [-0.2, 0) is 4.79 Å². The summed E-state index contributed by atoms with van der Waals surface area (Å²) in [5.41, 5.74) is 5.57. The number of amides is 2. The minimum absolute atomic E-state index is 0.165. The van der Waals surface area contributed by atoms with Gasteiger partial charge in [-0.05, 0) is 11.4 Å². The molecule has 8 heteroatoms. The van der Waals surface area contributed by atoms with E-state index in [2.05, 4.69) is 15.5 Å². The lowest BCUT2D eigenvalue weighted by Crippen LogP contribution is -2.17. The number of hydrogen-bond acceptors (Lipinski definition) is 6. The molecule has 0 fully saturated rings. The molecule has 3 aromatic rings. The van der Waals surface area contributed by atoms with Crippen molar-refractivity contribution in [3.63, 3.8) is 0 Å². The van der Waals surface area contributed by atoms with Crippen LogP contribution in [0.5, 0.6) is 0 Å². The van der Waals surface area contributed by atoms with Crippen LogP contribution in [0.3, 0.4) is 0 Å². The third kappa shape index (κ3) is 3.49. The largest absolute Gasteiger partial charge is 0.366 e. The van der Waals surface area contributed by atoms with Gasteiger partial charge >= 0.3 is 0 Å². The zero-order valence-electron chi connectivity index (χ0n) is 11.9. The third-order valence-corrected chi connectivity index (χ3v) is 4.87. The molecule has 23 heavy (non-hydrogen) atoms. The molecule has 3 N–H and O–H groups in total. The Balaban J connectivity index is 1.69. The lowest BCUT2D eigenvalue weighted by atomic mass is 10.2. The van der Waals surface area contributed by atoms with Crippen molar-refractivity contribution in [3.05, 3.63) is 47.5 Å². The average molecular weight is 344 g/mol. The van der Waals surface area contributed by atoms with Crippen LogP contribution in [0.15, 0.2) is 46.9 Å². The molecule has 0 aliphatic carbocycles. The van der Waals surface area contributed by atoms with Gasteiger partial charge < -0.3 is 11.1 Å². The quantitative estimate of drug-likeness (QED) is 0.693. The smallest absolute Gasteiger partial charge is 0.251 e. The Morgan fingerprint density at radius 2 is 2.09 bits per heavy atom. The molecule has 0 aliphatic heterocycles. The van der Waals surface area contributed by atoms with Crippen LogP contribution in [0.4, 0.5) is 5.00 Å². The molecule has 0 aliphatic rings. The number of rotatable bonds is 5. The monoisotopic (exact) mass is 344 g/mol. The number of primary amides is 1. The van der Waals surface area contributed by atoms with Gasteiger partial charge in [0.15, 0.2) is 0 Å². The first-order valence-corrected chi connectivity index (χ1v) is 8.52. The number of nitrogens with zero attached hydrogens (tertiary/aromatic N) is 2. The highest BCUT2D eigenvalue weighted by molar-refractivity contribution is 8.00. The summed E-state index contributed by atoms with van der Waals surface area (Å²) in [5.74, 6) is -0.623. The van der Waals surface area contributed by atoms with Crippen LogP contribution in [-0.4, -0.2) is 27.8 Å². The Morgan fingerprint density at radius 3 is 2.91 bits per heavy atom. The van der Waals surface area contributed by atoms with Crippen LogP contribution in [0.1, 0.15) is 10.4 Å². The van der Waals surface area contributed by atoms with E-state index in [9.17, 15) is 9.59 Å². The van der Waals surface area contributed by atoms with Gasteiger partial charge in [-0.2, -0.15) is 5.10 Å². The maximum absolute atomic E-state index is 12.1. The molecular weight excluding hydrogens is 332 g/mol. The Morgan fingerprint density at radius 1 is 1.26 bits per heavy atom. The normalized spacial score (nSPS) is 10.6. The lowest BCUT2D eigenvalue weighted by molar-refractivity contribution is -0.113. The maximum Gasteiger partial charge on any atom is 0.251 e. The molecule has 2 aromatic heterocycles. The van der Waals surface area contributed by atoms with Gasteiger partial charge in [0.2, 0.25) is 5.91 Å². The Hall–Kier alpha value is -2.45. The molecule has 0 bridgehead atoms. The van der Waals surface area contributed by atoms with Crippen molar-refractivity contribution in [2.24, 2.45) is 5.73 Å². The number of carbonyl (C=O) groups excluding carboxylic acids is 2. The summed E-state index contributed by atoms with van der Waals surface area (Å²) in [5, 5.41) is 15.5. The number of hydrogen-bond donors (Lipinski definition) is 2. The highest BCUT2D eigenvalue weighted by atomic mass is 32.2. The van der Waals surface area contributed by atoms with Gasteiger partial charge in [-0.1, -0.05) is 36.0 Å². The third-order valence-electron chi connectivity index (χ3n) is 3.06. The molecule has 0 radical (unpaired) electrons. The van der Waals surface area contributed by atoms with Crippen molar-refractivity contribution in [1.29, 1.82) is 0 Å². The second kappa shape index (κ2) is 6.76. The van der Waals surface area contributed by atoms with Gasteiger partial charge in [0.05, 0.1) is 17.5 Å². The fourth-order valence-corrected chi connectivity index (χ4v) is 3.60. The fraction of sp³-hybridized carbons (Fsp3) is 0.0667. The van der Waals surface area contributed by atoms with Crippen LogP contribution >= 0.6 is 23.1 Å². The van der Waals surface area contributed by atoms with E-state index in [0.717, 1.165) is 10.8 Å². The van der Waals surface area contributed by atoms with E-state index in [4.69, 9.17) is 5.73 Å². The number of aromatic nitrogens is 2. The van der Waals surface area contributed by atoms with Crippen molar-refractivity contribution in [2.75, 3.05) is 11.1 Å². The van der Waals surface area contributed by atoms with Crippen LogP contribution in [0, 0.1) is 0 Å². The highest BCUT2D eigenvalue weighted by Gasteiger charge is 2.13. The molecular formula is C15H12N4O2S2. The minimum atomic E-state index is -0.561. The highest BCUT2D eigenvalue weighted by Crippen LogP contribution is 2.26. The number of carbonyl (C=O) groups is 2. The van der Waals surface area contributed by atoms with Gasteiger partial charge in [0.1, 0.15) is 10.0 Å². The fourth-order valence-electron chi connectivity index (χ4n) is 2.01. The summed E-state index contributed by atoms with van der Waals surface area (Å²) in [6, 6.07) is 9.31. The van der Waals surface area contributed by atoms with Crippen molar-refractivity contribution < 1.29 is 9.59 Å². The molecule has 0 atom stereocenters. The van der Waals surface area contributed by atoms with Crippen LogP contribution < -0.4 is 11.1 Å². The van der Waals surface area contributed by atoms with Gasteiger partial charge in [0.25, 0.3) is 5.91 Å². The van der Waals surface area contributed by atoms with Crippen molar-refractivity contribution in [2.45, 2.75) is 5.03 Å². The SMILES string of the molecule is NC(=O)c1ccsc1NC(=O)CSc1nncc2ccccc12. The average Bonchev–Trinajstić information content (AvgIpc) is 3.01. The van der Waals surface area contributed by atoms with Crippen molar-refractivity contribution in [1.82, 2.24) is 10.2 Å². The molecule has 6 nitrogen and oxygen atoms in total. The molecule has 0 saturated carbocycles. The molecule has 2 heterocycles. The van der Waals surface area contributed by atoms with E-state index >= 15 is 0 Å². The zero-order chi connectivity index (χ0) is 16.2. The second-order valence-corrected chi connectivity index (χ2v) is 6.48. The van der Waals surface area contributed by atoms with E-state index in [0.29, 0.717) is 15.6 Å². The minimum Gasteiger partial charge on any atom is -0.366 e. The number of anilines is 1. The predicted octanol–water partition coefficient (Wildman–Crippen LogP) is 2.52. The molecule has 3 rings (SSSR count). The van der Waals surface area contributed by atoms with E-state index in [1.807, 2.05) is 24.3 Å². The molecule has 0 spiro atoms. The number of fused-ring (bicyclic) bond motifs is 1. The predicted molar refractivity (Wildman–Crippen MR) is 91.7 cm³/mol.